The first kappa shape index (κ1) is 21.4. The summed E-state index contributed by atoms with van der Waals surface area (Å²) in [6, 6.07) is 26.5. The number of aryl methyl sites for hydroxylation is 1. The van der Waals surface area contributed by atoms with Crippen LogP contribution in [0.1, 0.15) is 35.4 Å². The third-order valence-corrected chi connectivity index (χ3v) is 5.27. The van der Waals surface area contributed by atoms with Gasteiger partial charge in [-0.15, -0.1) is 0 Å². The monoisotopic (exact) mass is 403 g/mol. The third-order valence-electron chi connectivity index (χ3n) is 5.27. The van der Waals surface area contributed by atoms with Crippen LogP contribution in [0, 0.1) is 0 Å². The zero-order chi connectivity index (χ0) is 21.2. The number of ether oxygens (including phenoxy) is 2. The molecule has 0 fully saturated rings. The molecule has 1 N–H and O–H groups in total. The van der Waals surface area contributed by atoms with Gasteiger partial charge in [0.05, 0.1) is 14.2 Å². The highest BCUT2D eigenvalue weighted by molar-refractivity contribution is 5.76. The Bertz CT molecular complexity index is 886. The van der Waals surface area contributed by atoms with Crippen molar-refractivity contribution in [2.24, 2.45) is 0 Å². The Morgan fingerprint density at radius 1 is 0.867 bits per heavy atom. The molecule has 1 amide bonds. The molecule has 0 aliphatic carbocycles. The summed E-state index contributed by atoms with van der Waals surface area (Å²) < 4.78 is 10.7. The molecule has 0 heterocycles. The van der Waals surface area contributed by atoms with Gasteiger partial charge >= 0.3 is 0 Å². The first-order valence-electron chi connectivity index (χ1n) is 10.3. The number of hydrogen-bond acceptors (Lipinski definition) is 3. The lowest BCUT2D eigenvalue weighted by Crippen LogP contribution is -2.26. The van der Waals surface area contributed by atoms with Crippen molar-refractivity contribution in [3.8, 4) is 11.5 Å². The lowest BCUT2D eigenvalue weighted by atomic mass is 9.88. The highest BCUT2D eigenvalue weighted by atomic mass is 16.5. The van der Waals surface area contributed by atoms with Crippen molar-refractivity contribution in [1.82, 2.24) is 5.32 Å². The van der Waals surface area contributed by atoms with Crippen LogP contribution in [0.5, 0.6) is 11.5 Å². The number of carbonyl (C=O) groups is 1. The van der Waals surface area contributed by atoms with E-state index in [1.807, 2.05) is 30.3 Å². The second kappa shape index (κ2) is 11.1. The summed E-state index contributed by atoms with van der Waals surface area (Å²) in [6.45, 7) is 0.628. The van der Waals surface area contributed by atoms with Crippen molar-refractivity contribution in [2.45, 2.75) is 25.2 Å². The summed E-state index contributed by atoms with van der Waals surface area (Å²) in [5, 5.41) is 3.08. The first-order valence-corrected chi connectivity index (χ1v) is 10.3. The highest BCUT2D eigenvalue weighted by Gasteiger charge is 2.14. The lowest BCUT2D eigenvalue weighted by molar-refractivity contribution is -0.121. The molecule has 3 rings (SSSR count). The van der Waals surface area contributed by atoms with Crippen LogP contribution in [0.15, 0.2) is 78.9 Å². The van der Waals surface area contributed by atoms with Gasteiger partial charge in [0.25, 0.3) is 0 Å². The van der Waals surface area contributed by atoms with Crippen LogP contribution < -0.4 is 14.8 Å². The van der Waals surface area contributed by atoms with E-state index in [1.165, 1.54) is 11.1 Å². The number of rotatable bonds is 10. The summed E-state index contributed by atoms with van der Waals surface area (Å²) in [5.74, 6) is 1.84. The number of benzene rings is 3. The standard InChI is InChI=1S/C26H29NO3/c1-29-23-14-15-25(30-2)22(19-23)13-16-26(28)27-18-17-24(20-9-5-3-6-10-20)21-11-7-4-8-12-21/h3-12,14-15,19,24H,13,16-18H2,1-2H3,(H,27,28). The average molecular weight is 404 g/mol. The molecule has 0 bridgehead atoms. The van der Waals surface area contributed by atoms with E-state index in [2.05, 4.69) is 53.8 Å². The Labute approximate surface area is 178 Å². The van der Waals surface area contributed by atoms with Crippen LogP contribution >= 0.6 is 0 Å². The van der Waals surface area contributed by atoms with E-state index in [0.717, 1.165) is 23.5 Å². The molecular weight excluding hydrogens is 374 g/mol. The summed E-state index contributed by atoms with van der Waals surface area (Å²) in [5.41, 5.74) is 3.50. The van der Waals surface area contributed by atoms with E-state index in [1.54, 1.807) is 14.2 Å². The molecule has 0 aliphatic rings. The molecule has 4 heteroatoms. The molecule has 0 saturated heterocycles. The van der Waals surface area contributed by atoms with Crippen LogP contribution in [0.2, 0.25) is 0 Å². The number of methoxy groups -OCH3 is 2. The summed E-state index contributed by atoms with van der Waals surface area (Å²) in [7, 11) is 3.27. The highest BCUT2D eigenvalue weighted by Crippen LogP contribution is 2.27. The van der Waals surface area contributed by atoms with Crippen LogP contribution in [-0.2, 0) is 11.2 Å². The maximum absolute atomic E-state index is 12.4. The Kier molecular flexibility index (Phi) is 7.90. The molecule has 0 radical (unpaired) electrons. The SMILES string of the molecule is COc1ccc(OC)c(CCC(=O)NCCC(c2ccccc2)c2ccccc2)c1. The molecule has 30 heavy (non-hydrogen) atoms. The van der Waals surface area contributed by atoms with Crippen LogP contribution in [0.4, 0.5) is 0 Å². The second-order valence-corrected chi connectivity index (χ2v) is 7.19. The van der Waals surface area contributed by atoms with E-state index in [9.17, 15) is 4.79 Å². The minimum atomic E-state index is 0.0414. The quantitative estimate of drug-likeness (QED) is 0.520. The van der Waals surface area contributed by atoms with Crippen molar-refractivity contribution >= 4 is 5.91 Å². The van der Waals surface area contributed by atoms with Gasteiger partial charge in [-0.05, 0) is 47.7 Å². The van der Waals surface area contributed by atoms with Gasteiger partial charge < -0.3 is 14.8 Å². The van der Waals surface area contributed by atoms with Gasteiger partial charge in [0, 0.05) is 18.9 Å². The minimum absolute atomic E-state index is 0.0414. The van der Waals surface area contributed by atoms with E-state index >= 15 is 0 Å². The third kappa shape index (κ3) is 5.86. The topological polar surface area (TPSA) is 47.6 Å². The molecule has 3 aromatic carbocycles. The van der Waals surface area contributed by atoms with Gasteiger partial charge in [-0.2, -0.15) is 0 Å². The van der Waals surface area contributed by atoms with Crippen LogP contribution in [0.25, 0.3) is 0 Å². The summed E-state index contributed by atoms with van der Waals surface area (Å²) in [6.07, 6.45) is 1.86. The summed E-state index contributed by atoms with van der Waals surface area (Å²) >= 11 is 0. The molecule has 0 saturated carbocycles. The molecule has 3 aromatic rings. The minimum Gasteiger partial charge on any atom is -0.497 e. The molecule has 0 atom stereocenters. The van der Waals surface area contributed by atoms with Crippen molar-refractivity contribution in [1.29, 1.82) is 0 Å². The molecule has 0 aliphatic heterocycles. The number of nitrogens with one attached hydrogen (secondary N) is 1. The van der Waals surface area contributed by atoms with Gasteiger partial charge in [-0.3, -0.25) is 4.79 Å². The Morgan fingerprint density at radius 3 is 2.07 bits per heavy atom. The Hall–Kier alpha value is -3.27. The predicted molar refractivity (Wildman–Crippen MR) is 120 cm³/mol. The lowest BCUT2D eigenvalue weighted by Gasteiger charge is -2.18. The van der Waals surface area contributed by atoms with Crippen molar-refractivity contribution in [2.75, 3.05) is 20.8 Å². The predicted octanol–water partition coefficient (Wildman–Crippen LogP) is 4.97. The number of amides is 1. The van der Waals surface area contributed by atoms with Crippen LogP contribution in [0.3, 0.4) is 0 Å². The number of carbonyl (C=O) groups excluding carboxylic acids is 1. The van der Waals surface area contributed by atoms with E-state index < -0.39 is 0 Å². The van der Waals surface area contributed by atoms with Gasteiger partial charge in [0.2, 0.25) is 5.91 Å². The van der Waals surface area contributed by atoms with E-state index in [0.29, 0.717) is 19.4 Å². The fourth-order valence-electron chi connectivity index (χ4n) is 3.67. The van der Waals surface area contributed by atoms with Crippen molar-refractivity contribution in [3.63, 3.8) is 0 Å². The molecule has 4 nitrogen and oxygen atoms in total. The molecule has 0 spiro atoms. The van der Waals surface area contributed by atoms with Gasteiger partial charge in [0.1, 0.15) is 11.5 Å². The maximum atomic E-state index is 12.4. The zero-order valence-electron chi connectivity index (χ0n) is 17.6. The second-order valence-electron chi connectivity index (χ2n) is 7.19. The fourth-order valence-corrected chi connectivity index (χ4v) is 3.67. The van der Waals surface area contributed by atoms with Gasteiger partial charge in [-0.1, -0.05) is 60.7 Å². The Balaban J connectivity index is 1.56. The van der Waals surface area contributed by atoms with Crippen molar-refractivity contribution < 1.29 is 14.3 Å². The van der Waals surface area contributed by atoms with Crippen molar-refractivity contribution in [3.05, 3.63) is 95.6 Å². The summed E-state index contributed by atoms with van der Waals surface area (Å²) in [4.78, 5) is 12.4. The van der Waals surface area contributed by atoms with Gasteiger partial charge in [-0.25, -0.2) is 0 Å². The molecular formula is C26H29NO3. The number of hydrogen-bond donors (Lipinski definition) is 1. The van der Waals surface area contributed by atoms with E-state index in [-0.39, 0.29) is 11.8 Å². The molecule has 0 aromatic heterocycles. The first-order chi connectivity index (χ1) is 14.7. The zero-order valence-corrected chi connectivity index (χ0v) is 17.6. The smallest absolute Gasteiger partial charge is 0.220 e. The van der Waals surface area contributed by atoms with Gasteiger partial charge in [0.15, 0.2) is 0 Å². The molecule has 0 unspecified atom stereocenters. The normalized spacial score (nSPS) is 10.6. The Morgan fingerprint density at radius 2 is 1.50 bits per heavy atom. The van der Waals surface area contributed by atoms with Crippen LogP contribution in [-0.4, -0.2) is 26.7 Å². The largest absolute Gasteiger partial charge is 0.497 e. The average Bonchev–Trinajstić information content (AvgIpc) is 2.81. The van der Waals surface area contributed by atoms with E-state index in [4.69, 9.17) is 9.47 Å². The molecule has 156 valence electrons. The fraction of sp³-hybridized carbons (Fsp3) is 0.269. The maximum Gasteiger partial charge on any atom is 0.220 e.